The number of aromatic amines is 1. The van der Waals surface area contributed by atoms with Crippen LogP contribution in [0.1, 0.15) is 22.9 Å². The van der Waals surface area contributed by atoms with Crippen LogP contribution in [0.25, 0.3) is 10.9 Å². The molecule has 0 spiro atoms. The summed E-state index contributed by atoms with van der Waals surface area (Å²) in [6.07, 6.45) is 0. The normalized spacial score (nSPS) is 12.2. The van der Waals surface area contributed by atoms with Crippen LogP contribution in [0.15, 0.2) is 72.8 Å². The molecular formula is C22H20N2O2. The molecular weight excluding hydrogens is 324 g/mol. The second kappa shape index (κ2) is 6.48. The van der Waals surface area contributed by atoms with Crippen molar-refractivity contribution >= 4 is 16.6 Å². The summed E-state index contributed by atoms with van der Waals surface area (Å²) >= 11 is 0. The number of aromatic nitrogens is 1. The summed E-state index contributed by atoms with van der Waals surface area (Å²) < 4.78 is 0. The first-order valence-corrected chi connectivity index (χ1v) is 8.55. The molecule has 4 heteroatoms. The molecule has 4 rings (SSSR count). The number of fused-ring (bicyclic) bond motifs is 1. The molecule has 26 heavy (non-hydrogen) atoms. The van der Waals surface area contributed by atoms with Crippen molar-refractivity contribution < 1.29 is 10.2 Å². The first-order chi connectivity index (χ1) is 12.6. The van der Waals surface area contributed by atoms with Crippen LogP contribution in [0.3, 0.4) is 0 Å². The number of phenols is 2. The molecule has 1 unspecified atom stereocenters. The fraction of sp³-hybridized carbons (Fsp3) is 0.0909. The van der Waals surface area contributed by atoms with Crippen LogP contribution >= 0.6 is 0 Å². The molecule has 1 atom stereocenters. The van der Waals surface area contributed by atoms with E-state index < -0.39 is 0 Å². The number of rotatable bonds is 4. The van der Waals surface area contributed by atoms with Crippen LogP contribution < -0.4 is 5.32 Å². The maximum absolute atomic E-state index is 10.5. The van der Waals surface area contributed by atoms with Gasteiger partial charge in [-0.05, 0) is 31.2 Å². The average molecular weight is 344 g/mol. The predicted octanol–water partition coefficient (Wildman–Crippen LogP) is 5.09. The third-order valence-corrected chi connectivity index (χ3v) is 4.67. The molecule has 0 radical (unpaired) electrons. The van der Waals surface area contributed by atoms with Crippen molar-refractivity contribution in [1.29, 1.82) is 0 Å². The second-order valence-electron chi connectivity index (χ2n) is 6.37. The molecule has 3 aromatic carbocycles. The van der Waals surface area contributed by atoms with Crippen LogP contribution in [0.2, 0.25) is 0 Å². The number of aromatic hydroxyl groups is 2. The van der Waals surface area contributed by atoms with Gasteiger partial charge in [0.2, 0.25) is 0 Å². The van der Waals surface area contributed by atoms with E-state index in [0.29, 0.717) is 5.56 Å². The highest BCUT2D eigenvalue weighted by Gasteiger charge is 2.24. The standard InChI is InChI=1S/C22H20N2O2/c1-14-20(16-10-5-6-12-18(16)23-14)21(24-15-8-3-2-4-9-15)17-11-7-13-19(25)22(17)26/h2-13,21,23-26H,1H3. The van der Waals surface area contributed by atoms with Crippen molar-refractivity contribution in [2.75, 3.05) is 5.32 Å². The highest BCUT2D eigenvalue weighted by atomic mass is 16.3. The van der Waals surface area contributed by atoms with Crippen LogP contribution in [0.4, 0.5) is 5.69 Å². The van der Waals surface area contributed by atoms with Crippen molar-refractivity contribution in [3.05, 3.63) is 89.6 Å². The van der Waals surface area contributed by atoms with Gasteiger partial charge in [-0.25, -0.2) is 0 Å². The molecule has 0 saturated heterocycles. The zero-order valence-corrected chi connectivity index (χ0v) is 14.4. The summed E-state index contributed by atoms with van der Waals surface area (Å²) in [6.45, 7) is 2.02. The predicted molar refractivity (Wildman–Crippen MR) is 105 cm³/mol. The van der Waals surface area contributed by atoms with E-state index in [-0.39, 0.29) is 17.5 Å². The second-order valence-corrected chi connectivity index (χ2v) is 6.37. The summed E-state index contributed by atoms with van der Waals surface area (Å²) in [5.74, 6) is -0.231. The Morgan fingerprint density at radius 2 is 1.58 bits per heavy atom. The number of hydrogen-bond donors (Lipinski definition) is 4. The monoisotopic (exact) mass is 344 g/mol. The van der Waals surface area contributed by atoms with Gasteiger partial charge in [0.25, 0.3) is 0 Å². The fourth-order valence-electron chi connectivity index (χ4n) is 3.46. The average Bonchev–Trinajstić information content (AvgIpc) is 2.99. The van der Waals surface area contributed by atoms with E-state index in [1.807, 2.05) is 61.5 Å². The number of aryl methyl sites for hydroxylation is 1. The molecule has 0 aliphatic carbocycles. The molecule has 4 nitrogen and oxygen atoms in total. The molecule has 1 heterocycles. The van der Waals surface area contributed by atoms with Crippen molar-refractivity contribution in [3.8, 4) is 11.5 Å². The van der Waals surface area contributed by atoms with Crippen molar-refractivity contribution in [1.82, 2.24) is 4.98 Å². The lowest BCUT2D eigenvalue weighted by Gasteiger charge is -2.22. The van der Waals surface area contributed by atoms with Gasteiger partial charge in [0, 0.05) is 33.4 Å². The minimum absolute atomic E-state index is 0.106. The Balaban J connectivity index is 1.93. The molecule has 1 aromatic heterocycles. The number of H-pyrrole nitrogens is 1. The van der Waals surface area contributed by atoms with Crippen LogP contribution in [0, 0.1) is 6.92 Å². The lowest BCUT2D eigenvalue weighted by atomic mass is 9.94. The Kier molecular flexibility index (Phi) is 4.01. The first-order valence-electron chi connectivity index (χ1n) is 8.55. The zero-order chi connectivity index (χ0) is 18.1. The van der Waals surface area contributed by atoms with Gasteiger partial charge in [0.05, 0.1) is 6.04 Å². The van der Waals surface area contributed by atoms with Gasteiger partial charge in [-0.3, -0.25) is 0 Å². The zero-order valence-electron chi connectivity index (χ0n) is 14.4. The van der Waals surface area contributed by atoms with E-state index in [1.54, 1.807) is 6.07 Å². The van der Waals surface area contributed by atoms with Crippen molar-refractivity contribution in [3.63, 3.8) is 0 Å². The highest BCUT2D eigenvalue weighted by Crippen LogP contribution is 2.40. The summed E-state index contributed by atoms with van der Waals surface area (Å²) in [5.41, 5.74) is 4.67. The number of benzene rings is 3. The molecule has 130 valence electrons. The number of nitrogens with one attached hydrogen (secondary N) is 2. The maximum atomic E-state index is 10.5. The van der Waals surface area contributed by atoms with E-state index >= 15 is 0 Å². The van der Waals surface area contributed by atoms with Gasteiger partial charge in [-0.2, -0.15) is 0 Å². The Morgan fingerprint density at radius 1 is 0.846 bits per heavy atom. The fourth-order valence-corrected chi connectivity index (χ4v) is 3.46. The SMILES string of the molecule is Cc1[nH]c2ccccc2c1C(Nc1ccccc1)c1cccc(O)c1O. The third-order valence-electron chi connectivity index (χ3n) is 4.67. The minimum Gasteiger partial charge on any atom is -0.504 e. The largest absolute Gasteiger partial charge is 0.504 e. The number of para-hydroxylation sites is 3. The smallest absolute Gasteiger partial charge is 0.163 e. The van der Waals surface area contributed by atoms with Crippen LogP contribution in [-0.4, -0.2) is 15.2 Å². The van der Waals surface area contributed by atoms with Crippen LogP contribution in [0.5, 0.6) is 11.5 Å². The Hall–Kier alpha value is -3.40. The number of phenolic OH excluding ortho intramolecular Hbond substituents is 2. The van der Waals surface area contributed by atoms with Gasteiger partial charge in [0.1, 0.15) is 0 Å². The maximum Gasteiger partial charge on any atom is 0.163 e. The minimum atomic E-state index is -0.319. The van der Waals surface area contributed by atoms with Gasteiger partial charge in [-0.1, -0.05) is 48.5 Å². The van der Waals surface area contributed by atoms with Gasteiger partial charge in [-0.15, -0.1) is 0 Å². The lowest BCUT2D eigenvalue weighted by Crippen LogP contribution is -2.13. The van der Waals surface area contributed by atoms with Crippen LogP contribution in [-0.2, 0) is 0 Å². The molecule has 0 aliphatic rings. The topological polar surface area (TPSA) is 68.3 Å². The van der Waals surface area contributed by atoms with E-state index in [2.05, 4.69) is 16.4 Å². The quantitative estimate of drug-likeness (QED) is 0.390. The molecule has 0 bridgehead atoms. The molecule has 0 aliphatic heterocycles. The van der Waals surface area contributed by atoms with E-state index in [1.165, 1.54) is 6.07 Å². The number of anilines is 1. The van der Waals surface area contributed by atoms with Crippen molar-refractivity contribution in [2.24, 2.45) is 0 Å². The lowest BCUT2D eigenvalue weighted by molar-refractivity contribution is 0.398. The summed E-state index contributed by atoms with van der Waals surface area (Å²) in [5, 5.41) is 25.1. The first kappa shape index (κ1) is 16.1. The molecule has 0 saturated carbocycles. The van der Waals surface area contributed by atoms with Gasteiger partial charge in [0.15, 0.2) is 11.5 Å². The Labute approximate surface area is 151 Å². The molecule has 4 N–H and O–H groups in total. The third kappa shape index (κ3) is 2.75. The molecule has 0 fully saturated rings. The summed E-state index contributed by atoms with van der Waals surface area (Å²) in [6, 6.07) is 22.7. The Bertz CT molecular complexity index is 1050. The van der Waals surface area contributed by atoms with Gasteiger partial charge < -0.3 is 20.5 Å². The summed E-state index contributed by atoms with van der Waals surface area (Å²) in [4.78, 5) is 3.41. The van der Waals surface area contributed by atoms with E-state index in [9.17, 15) is 10.2 Å². The molecule has 4 aromatic rings. The van der Waals surface area contributed by atoms with E-state index in [4.69, 9.17) is 0 Å². The number of hydrogen-bond acceptors (Lipinski definition) is 3. The van der Waals surface area contributed by atoms with Gasteiger partial charge >= 0.3 is 0 Å². The van der Waals surface area contributed by atoms with E-state index in [0.717, 1.165) is 27.8 Å². The van der Waals surface area contributed by atoms with Crippen molar-refractivity contribution in [2.45, 2.75) is 13.0 Å². The summed E-state index contributed by atoms with van der Waals surface area (Å²) in [7, 11) is 0. The highest BCUT2D eigenvalue weighted by molar-refractivity contribution is 5.86. The molecule has 0 amide bonds. The Morgan fingerprint density at radius 3 is 2.38 bits per heavy atom.